The average Bonchev–Trinajstić information content (AvgIpc) is 2.93. The summed E-state index contributed by atoms with van der Waals surface area (Å²) in [5.41, 5.74) is 0. The first-order valence-electron chi connectivity index (χ1n) is 6.57. The van der Waals surface area contributed by atoms with E-state index in [0.29, 0.717) is 37.9 Å². The van der Waals surface area contributed by atoms with E-state index < -0.39 is 0 Å². The van der Waals surface area contributed by atoms with E-state index in [9.17, 15) is 0 Å². The zero-order valence-corrected chi connectivity index (χ0v) is 11.5. The molecule has 0 radical (unpaired) electrons. The van der Waals surface area contributed by atoms with Gasteiger partial charge in [0.05, 0.1) is 19.8 Å². The van der Waals surface area contributed by atoms with Gasteiger partial charge in [0.2, 0.25) is 5.89 Å². The van der Waals surface area contributed by atoms with E-state index >= 15 is 0 Å². The van der Waals surface area contributed by atoms with Gasteiger partial charge in [-0.2, -0.15) is 4.98 Å². The van der Waals surface area contributed by atoms with Gasteiger partial charge in [-0.15, -0.1) is 0 Å². The van der Waals surface area contributed by atoms with Crippen LogP contribution in [0.5, 0.6) is 5.75 Å². The Balaban J connectivity index is 1.67. The molecule has 2 aromatic rings. The lowest BCUT2D eigenvalue weighted by molar-refractivity contribution is 0.197. The molecule has 20 heavy (non-hydrogen) atoms. The third-order valence-corrected chi connectivity index (χ3v) is 2.61. The van der Waals surface area contributed by atoms with Crippen LogP contribution in [0.4, 0.5) is 0 Å². The molecule has 0 aliphatic carbocycles. The second-order valence-corrected chi connectivity index (χ2v) is 4.19. The molecule has 1 aromatic heterocycles. The standard InChI is InChI=1S/C14H19N3O3/c1-18-10-8-15-11-14-16-13(17-20-14)7-9-19-12-5-3-2-4-6-12/h2-6,15H,7-11H2,1H3. The molecule has 0 fully saturated rings. The Bertz CT molecular complexity index is 487. The SMILES string of the molecule is COCCNCc1nc(CCOc2ccccc2)no1. The molecule has 0 amide bonds. The summed E-state index contributed by atoms with van der Waals surface area (Å²) in [6, 6.07) is 9.67. The summed E-state index contributed by atoms with van der Waals surface area (Å²) in [5.74, 6) is 2.08. The van der Waals surface area contributed by atoms with Crippen LogP contribution in [0.25, 0.3) is 0 Å². The summed E-state index contributed by atoms with van der Waals surface area (Å²) in [7, 11) is 1.67. The maximum absolute atomic E-state index is 5.58. The lowest BCUT2D eigenvalue weighted by atomic mass is 10.3. The van der Waals surface area contributed by atoms with Crippen molar-refractivity contribution in [2.75, 3.05) is 26.9 Å². The Morgan fingerprint density at radius 3 is 2.85 bits per heavy atom. The second-order valence-electron chi connectivity index (χ2n) is 4.19. The molecule has 108 valence electrons. The highest BCUT2D eigenvalue weighted by molar-refractivity contribution is 5.20. The number of nitrogens with one attached hydrogen (secondary N) is 1. The molecular formula is C14H19N3O3. The third kappa shape index (κ3) is 4.99. The van der Waals surface area contributed by atoms with Crippen molar-refractivity contribution >= 4 is 0 Å². The number of nitrogens with zero attached hydrogens (tertiary/aromatic N) is 2. The van der Waals surface area contributed by atoms with Crippen LogP contribution in [0.3, 0.4) is 0 Å². The van der Waals surface area contributed by atoms with Gasteiger partial charge in [0.15, 0.2) is 5.82 Å². The molecule has 6 heteroatoms. The minimum Gasteiger partial charge on any atom is -0.493 e. The molecule has 1 N–H and O–H groups in total. The quantitative estimate of drug-likeness (QED) is 0.699. The van der Waals surface area contributed by atoms with Crippen LogP contribution in [0.1, 0.15) is 11.7 Å². The lowest BCUT2D eigenvalue weighted by Crippen LogP contribution is -2.18. The smallest absolute Gasteiger partial charge is 0.240 e. The van der Waals surface area contributed by atoms with Gasteiger partial charge in [-0.25, -0.2) is 0 Å². The molecule has 2 rings (SSSR count). The minimum absolute atomic E-state index is 0.528. The van der Waals surface area contributed by atoms with Gasteiger partial charge in [-0.1, -0.05) is 23.4 Å². The number of rotatable bonds is 9. The van der Waals surface area contributed by atoms with Crippen LogP contribution in [-0.4, -0.2) is 37.0 Å². The van der Waals surface area contributed by atoms with Crippen molar-refractivity contribution in [3.63, 3.8) is 0 Å². The molecule has 0 aliphatic heterocycles. The van der Waals surface area contributed by atoms with Crippen LogP contribution in [0.15, 0.2) is 34.9 Å². The van der Waals surface area contributed by atoms with Crippen LogP contribution in [0, 0.1) is 0 Å². The summed E-state index contributed by atoms with van der Waals surface area (Å²) >= 11 is 0. The van der Waals surface area contributed by atoms with Crippen LogP contribution < -0.4 is 10.1 Å². The molecule has 0 aliphatic rings. The lowest BCUT2D eigenvalue weighted by Gasteiger charge is -2.02. The fourth-order valence-electron chi connectivity index (χ4n) is 1.61. The number of benzene rings is 1. The molecule has 1 aromatic carbocycles. The third-order valence-electron chi connectivity index (χ3n) is 2.61. The van der Waals surface area contributed by atoms with E-state index in [-0.39, 0.29) is 0 Å². The Morgan fingerprint density at radius 2 is 2.05 bits per heavy atom. The molecule has 0 bridgehead atoms. The first kappa shape index (κ1) is 14.5. The zero-order chi connectivity index (χ0) is 14.0. The van der Waals surface area contributed by atoms with E-state index in [1.807, 2.05) is 30.3 Å². The molecule has 1 heterocycles. The van der Waals surface area contributed by atoms with Gasteiger partial charge in [0.1, 0.15) is 5.75 Å². The Labute approximate surface area is 118 Å². The van der Waals surface area contributed by atoms with E-state index in [1.54, 1.807) is 7.11 Å². The Morgan fingerprint density at radius 1 is 1.20 bits per heavy atom. The first-order valence-corrected chi connectivity index (χ1v) is 6.57. The van der Waals surface area contributed by atoms with Crippen molar-refractivity contribution in [3.05, 3.63) is 42.0 Å². The number of hydrogen-bond donors (Lipinski definition) is 1. The summed E-state index contributed by atoms with van der Waals surface area (Å²) < 4.78 is 15.6. The van der Waals surface area contributed by atoms with Gasteiger partial charge in [0.25, 0.3) is 0 Å². The molecular weight excluding hydrogens is 258 g/mol. The van der Waals surface area contributed by atoms with Gasteiger partial charge < -0.3 is 19.3 Å². The number of methoxy groups -OCH3 is 1. The Hall–Kier alpha value is -1.92. The minimum atomic E-state index is 0.528. The van der Waals surface area contributed by atoms with Gasteiger partial charge >= 0.3 is 0 Å². The fourth-order valence-corrected chi connectivity index (χ4v) is 1.61. The van der Waals surface area contributed by atoms with Crippen molar-refractivity contribution in [2.45, 2.75) is 13.0 Å². The van der Waals surface area contributed by atoms with Crippen LogP contribution >= 0.6 is 0 Å². The van der Waals surface area contributed by atoms with Gasteiger partial charge in [0, 0.05) is 20.1 Å². The second kappa shape index (κ2) is 8.29. The van der Waals surface area contributed by atoms with Crippen molar-refractivity contribution < 1.29 is 14.0 Å². The Kier molecular flexibility index (Phi) is 6.01. The maximum Gasteiger partial charge on any atom is 0.240 e. The number of hydrogen-bond acceptors (Lipinski definition) is 6. The molecule has 0 saturated carbocycles. The summed E-state index contributed by atoms with van der Waals surface area (Å²) in [5, 5.41) is 7.05. The number of para-hydroxylation sites is 1. The summed E-state index contributed by atoms with van der Waals surface area (Å²) in [6.45, 7) is 2.49. The topological polar surface area (TPSA) is 69.4 Å². The van der Waals surface area contributed by atoms with E-state index in [4.69, 9.17) is 14.0 Å². The summed E-state index contributed by atoms with van der Waals surface area (Å²) in [6.07, 6.45) is 0.621. The van der Waals surface area contributed by atoms with E-state index in [1.165, 1.54) is 0 Å². The van der Waals surface area contributed by atoms with Crippen LogP contribution in [0.2, 0.25) is 0 Å². The molecule has 0 saturated heterocycles. The predicted octanol–water partition coefficient (Wildman–Crippen LogP) is 1.43. The van der Waals surface area contributed by atoms with E-state index in [0.717, 1.165) is 12.3 Å². The largest absolute Gasteiger partial charge is 0.493 e. The van der Waals surface area contributed by atoms with E-state index in [2.05, 4.69) is 15.5 Å². The van der Waals surface area contributed by atoms with Crippen molar-refractivity contribution in [2.24, 2.45) is 0 Å². The molecule has 0 atom stereocenters. The van der Waals surface area contributed by atoms with Gasteiger partial charge in [-0.05, 0) is 12.1 Å². The molecule has 0 spiro atoms. The highest BCUT2D eigenvalue weighted by Crippen LogP contribution is 2.08. The highest BCUT2D eigenvalue weighted by Gasteiger charge is 2.05. The maximum atomic E-state index is 5.58. The summed E-state index contributed by atoms with van der Waals surface area (Å²) in [4.78, 5) is 4.28. The number of ether oxygens (including phenoxy) is 2. The molecule has 0 unspecified atom stereocenters. The van der Waals surface area contributed by atoms with Crippen LogP contribution in [-0.2, 0) is 17.7 Å². The normalized spacial score (nSPS) is 10.7. The first-order chi connectivity index (χ1) is 9.88. The van der Waals surface area contributed by atoms with Crippen molar-refractivity contribution in [3.8, 4) is 5.75 Å². The zero-order valence-electron chi connectivity index (χ0n) is 11.5. The highest BCUT2D eigenvalue weighted by atomic mass is 16.5. The fraction of sp³-hybridized carbons (Fsp3) is 0.429. The number of aromatic nitrogens is 2. The molecule has 6 nitrogen and oxygen atoms in total. The van der Waals surface area contributed by atoms with Crippen molar-refractivity contribution in [1.29, 1.82) is 0 Å². The average molecular weight is 277 g/mol. The van der Waals surface area contributed by atoms with Crippen molar-refractivity contribution in [1.82, 2.24) is 15.5 Å². The van der Waals surface area contributed by atoms with Gasteiger partial charge in [-0.3, -0.25) is 0 Å². The predicted molar refractivity (Wildman–Crippen MR) is 73.5 cm³/mol. The monoisotopic (exact) mass is 277 g/mol.